The van der Waals surface area contributed by atoms with Crippen LogP contribution in [0.3, 0.4) is 0 Å². The number of aromatic nitrogens is 3. The first-order valence-electron chi connectivity index (χ1n) is 9.30. The zero-order valence-electron chi connectivity index (χ0n) is 16.4. The second kappa shape index (κ2) is 9.88. The van der Waals surface area contributed by atoms with Gasteiger partial charge in [0.25, 0.3) is 0 Å². The predicted octanol–water partition coefficient (Wildman–Crippen LogP) is 3.29. The van der Waals surface area contributed by atoms with Crippen LogP contribution in [0.15, 0.2) is 59.8 Å². The Labute approximate surface area is 173 Å². The number of rotatable bonds is 8. The Balaban J connectivity index is 1.55. The first-order valence-corrected chi connectivity index (χ1v) is 10.3. The van der Waals surface area contributed by atoms with Crippen molar-refractivity contribution in [3.05, 3.63) is 66.0 Å². The maximum Gasteiger partial charge on any atom is 0.234 e. The number of hydrogen-bond acceptors (Lipinski definition) is 5. The largest absolute Gasteiger partial charge is 0.325 e. The summed E-state index contributed by atoms with van der Waals surface area (Å²) in [7, 11) is 1.79. The van der Waals surface area contributed by atoms with E-state index in [1.54, 1.807) is 11.6 Å². The van der Waals surface area contributed by atoms with Gasteiger partial charge in [0, 0.05) is 18.4 Å². The molecule has 0 aliphatic rings. The van der Waals surface area contributed by atoms with Gasteiger partial charge in [-0.25, -0.2) is 0 Å². The van der Waals surface area contributed by atoms with Crippen molar-refractivity contribution in [2.24, 2.45) is 7.05 Å². The van der Waals surface area contributed by atoms with Crippen LogP contribution in [0.5, 0.6) is 0 Å². The van der Waals surface area contributed by atoms with Crippen molar-refractivity contribution in [1.82, 2.24) is 14.8 Å². The van der Waals surface area contributed by atoms with Gasteiger partial charge < -0.3 is 15.2 Å². The molecule has 7 nitrogen and oxygen atoms in total. The van der Waals surface area contributed by atoms with Gasteiger partial charge in [-0.05, 0) is 30.2 Å². The molecule has 150 valence electrons. The number of carbonyl (C=O) groups excluding carboxylic acids is 2. The topological polar surface area (TPSA) is 88.9 Å². The maximum atomic E-state index is 12.4. The van der Waals surface area contributed by atoms with Gasteiger partial charge in [0.05, 0.1) is 12.2 Å². The molecule has 8 heteroatoms. The molecule has 0 spiro atoms. The molecular weight excluding hydrogens is 386 g/mol. The second-order valence-corrected chi connectivity index (χ2v) is 7.34. The number of hydrogen-bond donors (Lipinski definition) is 2. The number of thioether (sulfide) groups is 1. The minimum absolute atomic E-state index is 0.109. The SMILES string of the molecule is CCc1ccccc1NC(=O)Cc1nnc(SCC(=O)Nc2ccccc2)n1C. The van der Waals surface area contributed by atoms with E-state index in [9.17, 15) is 9.59 Å². The number of nitrogens with zero attached hydrogens (tertiary/aromatic N) is 3. The van der Waals surface area contributed by atoms with E-state index in [-0.39, 0.29) is 24.0 Å². The average molecular weight is 410 g/mol. The molecule has 0 saturated carbocycles. The summed E-state index contributed by atoms with van der Waals surface area (Å²) in [6.07, 6.45) is 0.949. The number of benzene rings is 2. The molecule has 0 bridgehead atoms. The fourth-order valence-electron chi connectivity index (χ4n) is 2.76. The highest BCUT2D eigenvalue weighted by Gasteiger charge is 2.15. The summed E-state index contributed by atoms with van der Waals surface area (Å²) >= 11 is 1.28. The lowest BCUT2D eigenvalue weighted by molar-refractivity contribution is -0.116. The minimum Gasteiger partial charge on any atom is -0.325 e. The molecule has 0 atom stereocenters. The summed E-state index contributed by atoms with van der Waals surface area (Å²) in [6, 6.07) is 17.0. The van der Waals surface area contributed by atoms with Crippen molar-refractivity contribution in [2.45, 2.75) is 24.9 Å². The Morgan fingerprint density at radius 2 is 1.69 bits per heavy atom. The first kappa shape index (κ1) is 20.6. The van der Waals surface area contributed by atoms with Crippen LogP contribution in [0.1, 0.15) is 18.3 Å². The summed E-state index contributed by atoms with van der Waals surface area (Å²) in [4.78, 5) is 24.5. The van der Waals surface area contributed by atoms with Crippen molar-refractivity contribution in [3.63, 3.8) is 0 Å². The van der Waals surface area contributed by atoms with E-state index in [4.69, 9.17) is 0 Å². The molecule has 29 heavy (non-hydrogen) atoms. The summed E-state index contributed by atoms with van der Waals surface area (Å²) in [5.41, 5.74) is 2.65. The molecule has 0 fully saturated rings. The van der Waals surface area contributed by atoms with Crippen molar-refractivity contribution < 1.29 is 9.59 Å². The van der Waals surface area contributed by atoms with Gasteiger partial charge in [0.1, 0.15) is 5.82 Å². The highest BCUT2D eigenvalue weighted by molar-refractivity contribution is 7.99. The standard InChI is InChI=1S/C21H23N5O2S/c1-3-15-9-7-8-12-17(15)23-19(27)13-18-24-25-21(26(18)2)29-14-20(28)22-16-10-5-4-6-11-16/h4-12H,3,13-14H2,1-2H3,(H,22,28)(H,23,27). The smallest absolute Gasteiger partial charge is 0.234 e. The number of para-hydroxylation sites is 2. The predicted molar refractivity (Wildman–Crippen MR) is 115 cm³/mol. The molecular formula is C21H23N5O2S. The lowest BCUT2D eigenvalue weighted by Crippen LogP contribution is -2.18. The van der Waals surface area contributed by atoms with E-state index in [1.807, 2.05) is 61.5 Å². The molecule has 2 amide bonds. The molecule has 3 rings (SSSR count). The molecule has 0 radical (unpaired) electrons. The van der Waals surface area contributed by atoms with Crippen LogP contribution < -0.4 is 10.6 Å². The number of nitrogens with one attached hydrogen (secondary N) is 2. The van der Waals surface area contributed by atoms with Gasteiger partial charge in [-0.15, -0.1) is 10.2 Å². The monoisotopic (exact) mass is 409 g/mol. The molecule has 1 heterocycles. The van der Waals surface area contributed by atoms with Crippen LogP contribution in [0.4, 0.5) is 11.4 Å². The lowest BCUT2D eigenvalue weighted by Gasteiger charge is -2.09. The van der Waals surface area contributed by atoms with E-state index in [0.29, 0.717) is 11.0 Å². The zero-order chi connectivity index (χ0) is 20.6. The third-order valence-corrected chi connectivity index (χ3v) is 5.33. The van der Waals surface area contributed by atoms with Crippen molar-refractivity contribution in [1.29, 1.82) is 0 Å². The normalized spacial score (nSPS) is 10.6. The van der Waals surface area contributed by atoms with E-state index in [1.165, 1.54) is 11.8 Å². The van der Waals surface area contributed by atoms with E-state index in [0.717, 1.165) is 23.4 Å². The van der Waals surface area contributed by atoms with Crippen molar-refractivity contribution in [2.75, 3.05) is 16.4 Å². The van der Waals surface area contributed by atoms with Gasteiger partial charge in [-0.1, -0.05) is 55.1 Å². The fraction of sp³-hybridized carbons (Fsp3) is 0.238. The maximum absolute atomic E-state index is 12.4. The number of anilines is 2. The third-order valence-electron chi connectivity index (χ3n) is 4.31. The molecule has 0 aliphatic carbocycles. The first-order chi connectivity index (χ1) is 14.1. The molecule has 0 saturated heterocycles. The summed E-state index contributed by atoms with van der Waals surface area (Å²) in [5.74, 6) is 0.471. The Morgan fingerprint density at radius 1 is 0.966 bits per heavy atom. The Bertz CT molecular complexity index is 988. The number of carbonyl (C=O) groups is 2. The molecule has 0 aliphatic heterocycles. The van der Waals surface area contributed by atoms with Crippen LogP contribution in [0, 0.1) is 0 Å². The molecule has 2 N–H and O–H groups in total. The molecule has 3 aromatic rings. The lowest BCUT2D eigenvalue weighted by atomic mass is 10.1. The van der Waals surface area contributed by atoms with Crippen molar-refractivity contribution in [3.8, 4) is 0 Å². The second-order valence-electron chi connectivity index (χ2n) is 6.40. The average Bonchev–Trinajstić information content (AvgIpc) is 3.07. The van der Waals surface area contributed by atoms with Gasteiger partial charge in [-0.3, -0.25) is 9.59 Å². The Hall–Kier alpha value is -3.13. The highest BCUT2D eigenvalue weighted by atomic mass is 32.2. The quantitative estimate of drug-likeness (QED) is 0.557. The van der Waals surface area contributed by atoms with Crippen LogP contribution in [0.2, 0.25) is 0 Å². The highest BCUT2D eigenvalue weighted by Crippen LogP contribution is 2.18. The van der Waals surface area contributed by atoms with Crippen LogP contribution in [0.25, 0.3) is 0 Å². The Kier molecular flexibility index (Phi) is 7.02. The van der Waals surface area contributed by atoms with Gasteiger partial charge in [-0.2, -0.15) is 0 Å². The van der Waals surface area contributed by atoms with E-state index >= 15 is 0 Å². The van der Waals surface area contributed by atoms with E-state index < -0.39 is 0 Å². The van der Waals surface area contributed by atoms with Crippen LogP contribution >= 0.6 is 11.8 Å². The van der Waals surface area contributed by atoms with Gasteiger partial charge in [0.15, 0.2) is 5.16 Å². The molecule has 1 aromatic heterocycles. The van der Waals surface area contributed by atoms with Crippen LogP contribution in [-0.2, 0) is 29.5 Å². The third kappa shape index (κ3) is 5.68. The zero-order valence-corrected chi connectivity index (χ0v) is 17.2. The molecule has 0 unspecified atom stereocenters. The van der Waals surface area contributed by atoms with Gasteiger partial charge in [0.2, 0.25) is 11.8 Å². The number of aryl methyl sites for hydroxylation is 1. The minimum atomic E-state index is -0.153. The number of amides is 2. The summed E-state index contributed by atoms with van der Waals surface area (Å²) in [5, 5.41) is 14.6. The molecule has 2 aromatic carbocycles. The summed E-state index contributed by atoms with van der Waals surface area (Å²) < 4.78 is 1.74. The Morgan fingerprint density at radius 3 is 2.45 bits per heavy atom. The van der Waals surface area contributed by atoms with Crippen molar-refractivity contribution >= 4 is 35.0 Å². The van der Waals surface area contributed by atoms with Gasteiger partial charge >= 0.3 is 0 Å². The van der Waals surface area contributed by atoms with Crippen LogP contribution in [-0.4, -0.2) is 32.3 Å². The summed E-state index contributed by atoms with van der Waals surface area (Å²) in [6.45, 7) is 2.05. The fourth-order valence-corrected chi connectivity index (χ4v) is 3.49. The van der Waals surface area contributed by atoms with E-state index in [2.05, 4.69) is 20.8 Å².